The Balaban J connectivity index is 1.40. The molecule has 174 valence electrons. The number of carbonyl (C=O) groups is 1. The van der Waals surface area contributed by atoms with E-state index < -0.39 is 0 Å². The van der Waals surface area contributed by atoms with Crippen LogP contribution >= 0.6 is 0 Å². The van der Waals surface area contributed by atoms with Crippen LogP contribution in [0.5, 0.6) is 5.75 Å². The van der Waals surface area contributed by atoms with Gasteiger partial charge in [0.25, 0.3) is 5.91 Å². The predicted molar refractivity (Wildman–Crippen MR) is 124 cm³/mol. The maximum atomic E-state index is 13.5. The second-order valence-corrected chi connectivity index (χ2v) is 8.23. The third-order valence-corrected chi connectivity index (χ3v) is 6.02. The fourth-order valence-electron chi connectivity index (χ4n) is 4.23. The number of amides is 1. The number of hydrogen-bond donors (Lipinski definition) is 4. The predicted octanol–water partition coefficient (Wildman–Crippen LogP) is 2.61. The molecule has 6 nitrogen and oxygen atoms in total. The van der Waals surface area contributed by atoms with E-state index in [4.69, 9.17) is 9.84 Å². The number of hydrogen-bond acceptors (Lipinski definition) is 5. The summed E-state index contributed by atoms with van der Waals surface area (Å²) in [5.41, 5.74) is 3.00. The first-order valence-corrected chi connectivity index (χ1v) is 11.4. The van der Waals surface area contributed by atoms with Crippen LogP contribution in [0.4, 0.5) is 4.39 Å². The monoisotopic (exact) mass is 443 g/mol. The summed E-state index contributed by atoms with van der Waals surface area (Å²) in [5, 5.41) is 18.3. The third-order valence-electron chi connectivity index (χ3n) is 6.02. The lowest BCUT2D eigenvalue weighted by Crippen LogP contribution is -2.32. The van der Waals surface area contributed by atoms with Gasteiger partial charge in [0.2, 0.25) is 0 Å². The van der Waals surface area contributed by atoms with Crippen LogP contribution in [-0.4, -0.2) is 57.0 Å². The third kappa shape index (κ3) is 7.02. The van der Waals surface area contributed by atoms with Gasteiger partial charge in [-0.05, 0) is 73.5 Å². The number of nitrogens with one attached hydrogen (secondary N) is 3. The Morgan fingerprint density at radius 1 is 1.09 bits per heavy atom. The van der Waals surface area contributed by atoms with Crippen LogP contribution < -0.4 is 20.7 Å². The number of aliphatic hydroxyl groups is 1. The van der Waals surface area contributed by atoms with Gasteiger partial charge in [0, 0.05) is 31.2 Å². The Kier molecular flexibility index (Phi) is 9.46. The summed E-state index contributed by atoms with van der Waals surface area (Å²) in [4.78, 5) is 12.2. The molecule has 0 unspecified atom stereocenters. The van der Waals surface area contributed by atoms with Crippen molar-refractivity contribution in [1.82, 2.24) is 16.0 Å². The molecule has 0 aliphatic heterocycles. The topological polar surface area (TPSA) is 82.6 Å². The Hall–Kier alpha value is -2.48. The van der Waals surface area contributed by atoms with Gasteiger partial charge in [0.1, 0.15) is 0 Å². The van der Waals surface area contributed by atoms with Gasteiger partial charge in [-0.25, -0.2) is 4.39 Å². The largest absolute Gasteiger partial charge is 0.494 e. The highest BCUT2D eigenvalue weighted by Gasteiger charge is 2.25. The minimum atomic E-state index is -0.332. The van der Waals surface area contributed by atoms with Crippen LogP contribution in [0.3, 0.4) is 0 Å². The van der Waals surface area contributed by atoms with E-state index in [1.54, 1.807) is 12.1 Å². The van der Waals surface area contributed by atoms with Gasteiger partial charge >= 0.3 is 0 Å². The first-order valence-electron chi connectivity index (χ1n) is 11.4. The van der Waals surface area contributed by atoms with Crippen molar-refractivity contribution in [3.63, 3.8) is 0 Å². The minimum Gasteiger partial charge on any atom is -0.494 e. The zero-order valence-corrected chi connectivity index (χ0v) is 18.7. The van der Waals surface area contributed by atoms with E-state index in [2.05, 4.69) is 28.1 Å². The van der Waals surface area contributed by atoms with Crippen molar-refractivity contribution in [1.29, 1.82) is 0 Å². The quantitative estimate of drug-likeness (QED) is 0.379. The molecule has 0 bridgehead atoms. The van der Waals surface area contributed by atoms with Crippen LogP contribution in [0.1, 0.15) is 46.7 Å². The van der Waals surface area contributed by atoms with Crippen molar-refractivity contribution in [2.45, 2.75) is 37.6 Å². The van der Waals surface area contributed by atoms with Gasteiger partial charge < -0.3 is 25.8 Å². The first kappa shape index (κ1) is 24.2. The molecule has 1 fully saturated rings. The van der Waals surface area contributed by atoms with Crippen LogP contribution in [0, 0.1) is 5.82 Å². The van der Waals surface area contributed by atoms with Crippen LogP contribution in [0.2, 0.25) is 0 Å². The summed E-state index contributed by atoms with van der Waals surface area (Å²) in [6.45, 7) is 2.63. The standard InChI is InChI=1S/C25H34FN3O3/c1-32-24-16-18(2-9-23(24)26)10-11-28-22-8-7-21(17-22)19-3-5-20(6-4-19)25(31)29-13-12-27-14-15-30/h2-6,9,16,21-22,27-28,30H,7-8,10-15,17H2,1H3,(H,29,31)/t21-,22+/m1/s1. The number of halogens is 1. The highest BCUT2D eigenvalue weighted by atomic mass is 19.1. The van der Waals surface area contributed by atoms with E-state index in [1.807, 2.05) is 12.1 Å². The summed E-state index contributed by atoms with van der Waals surface area (Å²) >= 11 is 0. The highest BCUT2D eigenvalue weighted by Crippen LogP contribution is 2.34. The molecule has 1 aliphatic carbocycles. The SMILES string of the molecule is COc1cc(CCN[C@H]2CC[C@@H](c3ccc(C(=O)NCCNCCO)cc3)C2)ccc1F. The maximum Gasteiger partial charge on any atom is 0.251 e. The zero-order valence-electron chi connectivity index (χ0n) is 18.7. The van der Waals surface area contributed by atoms with Crippen molar-refractivity contribution in [2.24, 2.45) is 0 Å². The molecule has 4 N–H and O–H groups in total. The molecular formula is C25H34FN3O3. The van der Waals surface area contributed by atoms with Gasteiger partial charge in [-0.3, -0.25) is 4.79 Å². The number of benzene rings is 2. The first-order chi connectivity index (χ1) is 15.6. The Morgan fingerprint density at radius 2 is 1.91 bits per heavy atom. The van der Waals surface area contributed by atoms with Crippen LogP contribution in [0.25, 0.3) is 0 Å². The second-order valence-electron chi connectivity index (χ2n) is 8.23. The molecular weight excluding hydrogens is 409 g/mol. The van der Waals surface area contributed by atoms with Crippen molar-refractivity contribution in [2.75, 3.05) is 39.9 Å². The summed E-state index contributed by atoms with van der Waals surface area (Å²) in [6.07, 6.45) is 4.16. The highest BCUT2D eigenvalue weighted by molar-refractivity contribution is 5.94. The lowest BCUT2D eigenvalue weighted by molar-refractivity contribution is 0.0954. The molecule has 1 aliphatic rings. The Morgan fingerprint density at radius 3 is 2.66 bits per heavy atom. The van der Waals surface area contributed by atoms with Crippen LogP contribution in [0.15, 0.2) is 42.5 Å². The Bertz CT molecular complexity index is 860. The molecule has 0 saturated heterocycles. The molecule has 32 heavy (non-hydrogen) atoms. The van der Waals surface area contributed by atoms with Gasteiger partial charge in [0.15, 0.2) is 11.6 Å². The fraction of sp³-hybridized carbons (Fsp3) is 0.480. The van der Waals surface area contributed by atoms with Crippen LogP contribution in [-0.2, 0) is 6.42 Å². The molecule has 0 aromatic heterocycles. The van der Waals surface area contributed by atoms with Crippen molar-refractivity contribution in [3.05, 3.63) is 65.0 Å². The van der Waals surface area contributed by atoms with Gasteiger partial charge in [-0.1, -0.05) is 18.2 Å². The van der Waals surface area contributed by atoms with Crippen molar-refractivity contribution in [3.8, 4) is 5.75 Å². The molecule has 2 atom stereocenters. The maximum absolute atomic E-state index is 13.5. The smallest absolute Gasteiger partial charge is 0.251 e. The van der Waals surface area contributed by atoms with Crippen molar-refractivity contribution < 1.29 is 19.0 Å². The van der Waals surface area contributed by atoms with E-state index in [0.717, 1.165) is 37.8 Å². The molecule has 0 radical (unpaired) electrons. The molecule has 2 aromatic rings. The molecule has 1 saturated carbocycles. The molecule has 3 rings (SSSR count). The van der Waals surface area contributed by atoms with E-state index in [1.165, 1.54) is 18.7 Å². The lowest BCUT2D eigenvalue weighted by atomic mass is 9.96. The van der Waals surface area contributed by atoms with Crippen molar-refractivity contribution >= 4 is 5.91 Å². The van der Waals surface area contributed by atoms with E-state index in [-0.39, 0.29) is 18.3 Å². The Labute approximate surface area is 189 Å². The molecule has 0 spiro atoms. The van der Waals surface area contributed by atoms with Gasteiger partial charge in [0.05, 0.1) is 13.7 Å². The lowest BCUT2D eigenvalue weighted by Gasteiger charge is -2.14. The van der Waals surface area contributed by atoms with E-state index >= 15 is 0 Å². The summed E-state index contributed by atoms with van der Waals surface area (Å²) in [7, 11) is 1.48. The molecule has 7 heteroatoms. The number of ether oxygens (including phenoxy) is 1. The average molecular weight is 444 g/mol. The summed E-state index contributed by atoms with van der Waals surface area (Å²) < 4.78 is 18.6. The van der Waals surface area contributed by atoms with E-state index in [0.29, 0.717) is 42.9 Å². The van der Waals surface area contributed by atoms with Gasteiger partial charge in [-0.15, -0.1) is 0 Å². The molecule has 2 aromatic carbocycles. The zero-order chi connectivity index (χ0) is 22.8. The number of rotatable bonds is 12. The average Bonchev–Trinajstić information content (AvgIpc) is 3.29. The number of methoxy groups -OCH3 is 1. The normalized spacial score (nSPS) is 18.0. The summed E-state index contributed by atoms with van der Waals surface area (Å²) in [5.74, 6) is 0.379. The summed E-state index contributed by atoms with van der Waals surface area (Å²) in [6, 6.07) is 13.4. The minimum absolute atomic E-state index is 0.0780. The second kappa shape index (κ2) is 12.5. The number of aliphatic hydroxyl groups excluding tert-OH is 1. The van der Waals surface area contributed by atoms with Gasteiger partial charge in [-0.2, -0.15) is 0 Å². The molecule has 1 amide bonds. The number of carbonyl (C=O) groups excluding carboxylic acids is 1. The molecule has 0 heterocycles. The van der Waals surface area contributed by atoms with E-state index in [9.17, 15) is 9.18 Å². The fourth-order valence-corrected chi connectivity index (χ4v) is 4.23.